The van der Waals surface area contributed by atoms with Gasteiger partial charge in [-0.1, -0.05) is 407 Å². The fraction of sp³-hybridized carbons (Fsp3) is 0.291. The lowest BCUT2D eigenvalue weighted by Crippen LogP contribution is -1.81. The second kappa shape index (κ2) is 60.2. The predicted octanol–water partition coefficient (Wildman–Crippen LogP) is 28.2. The molecule has 10 rings (SSSR count). The topological polar surface area (TPSA) is 0 Å². The van der Waals surface area contributed by atoms with Crippen molar-refractivity contribution >= 4 is 0 Å². The van der Waals surface area contributed by atoms with Crippen molar-refractivity contribution in [2.24, 2.45) is 0 Å². The van der Waals surface area contributed by atoms with Gasteiger partial charge in [0, 0.05) is 0 Å². The van der Waals surface area contributed by atoms with E-state index in [0.717, 1.165) is 5.57 Å². The minimum Gasteiger partial charge on any atom is -0.171 e. The Kier molecular flexibility index (Phi) is 59.2. The zero-order valence-electron chi connectivity index (χ0n) is 58.5. The Morgan fingerprint density at radius 3 is 0.535 bits per heavy atom. The van der Waals surface area contributed by atoms with Gasteiger partial charge in [0.2, 0.25) is 0 Å². The zero-order chi connectivity index (χ0) is 65.8. The molecule has 0 fully saturated rings. The van der Waals surface area contributed by atoms with E-state index in [0.29, 0.717) is 0 Å². The van der Waals surface area contributed by atoms with Crippen LogP contribution in [-0.2, 0) is 0 Å². The van der Waals surface area contributed by atoms with Crippen molar-refractivity contribution in [3.05, 3.63) is 318 Å². The van der Waals surface area contributed by atoms with Gasteiger partial charge in [0.15, 0.2) is 0 Å². The second-order valence-electron chi connectivity index (χ2n) is 18.1. The smallest absolute Gasteiger partial charge is 0.0184 e. The van der Waals surface area contributed by atoms with Gasteiger partial charge < -0.3 is 0 Å². The van der Waals surface area contributed by atoms with E-state index in [1.54, 1.807) is 0 Å². The van der Waals surface area contributed by atoms with Gasteiger partial charge in [0.05, 0.1) is 0 Å². The van der Waals surface area contributed by atoms with Gasteiger partial charge in [-0.2, -0.15) is 12.2 Å². The molecule has 0 saturated carbocycles. The van der Waals surface area contributed by atoms with Crippen LogP contribution in [0.2, 0.25) is 0 Å². The predicted molar refractivity (Wildman–Crippen MR) is 399 cm³/mol. The van der Waals surface area contributed by atoms with Crippen LogP contribution in [-0.4, -0.2) is 0 Å². The van der Waals surface area contributed by atoms with Crippen LogP contribution in [0.3, 0.4) is 0 Å². The monoisotopic (exact) mass is 1150 g/mol. The van der Waals surface area contributed by atoms with Crippen LogP contribution in [0.1, 0.15) is 164 Å². The standard InChI is InChI=1S/4C13H12.C8H10.C8H9.C4H10.7C2H6/c4*1-11-7-9-13(10-8-11)12-5-3-2-4-6-12;2*1-7-3-5-8(2)6-4-7;1-3-4-2;7*1-2/h4*2-10H,1H3;3-6H,1-2H3;3-6H,1H2,2H3;3-4H2,1-2H3;7*1-2H3/q;;;;;-1;;;;;;;;. The third kappa shape index (κ3) is 42.0. The van der Waals surface area contributed by atoms with E-state index >= 15 is 0 Å². The maximum Gasteiger partial charge on any atom is -0.0184 e. The van der Waals surface area contributed by atoms with E-state index in [-0.39, 0.29) is 0 Å². The highest BCUT2D eigenvalue weighted by Gasteiger charge is 1.97. The van der Waals surface area contributed by atoms with Crippen LogP contribution < -0.4 is 0 Å². The van der Waals surface area contributed by atoms with E-state index in [1.165, 1.54) is 96.3 Å². The molecule has 86 heavy (non-hydrogen) atoms. The summed E-state index contributed by atoms with van der Waals surface area (Å²) < 4.78 is 0. The summed E-state index contributed by atoms with van der Waals surface area (Å²) in [5.74, 6) is 0. The fourth-order valence-electron chi connectivity index (χ4n) is 6.73. The SMILES string of the molecule is C=C1C=CC(C)=C[CH-]1.CC.CC.CC.CC.CC.CC.CC.CCCC.Cc1ccc(-c2ccccc2)cc1.Cc1ccc(-c2ccccc2)cc1.Cc1ccc(-c2ccccc2)cc1.Cc1ccc(-c2ccccc2)cc1.Cc1ccc(C)cc1. The van der Waals surface area contributed by atoms with E-state index in [9.17, 15) is 0 Å². The van der Waals surface area contributed by atoms with Crippen LogP contribution >= 0.6 is 0 Å². The number of hydrogen-bond donors (Lipinski definition) is 0. The Balaban J connectivity index is -0.000000448. The number of unbranched alkanes of at least 4 members (excludes halogenated alkanes) is 1. The van der Waals surface area contributed by atoms with Gasteiger partial charge in [-0.25, -0.2) is 0 Å². The van der Waals surface area contributed by atoms with Crippen molar-refractivity contribution in [1.82, 2.24) is 0 Å². The molecule has 9 aromatic carbocycles. The van der Waals surface area contributed by atoms with E-state index in [4.69, 9.17) is 0 Å². The molecule has 0 atom stereocenters. The minimum absolute atomic E-state index is 1.08. The molecule has 0 radical (unpaired) electrons. The van der Waals surface area contributed by atoms with Crippen LogP contribution in [0.5, 0.6) is 0 Å². The molecule has 9 aromatic rings. The highest BCUT2D eigenvalue weighted by molar-refractivity contribution is 5.66. The van der Waals surface area contributed by atoms with Crippen molar-refractivity contribution in [3.8, 4) is 44.5 Å². The molecule has 0 nitrogen and oxygen atoms in total. The number of benzene rings is 9. The van der Waals surface area contributed by atoms with E-state index in [2.05, 4.69) is 299 Å². The quantitative estimate of drug-likeness (QED) is 0.151. The number of aryl methyl sites for hydroxylation is 6. The van der Waals surface area contributed by atoms with Gasteiger partial charge in [0.1, 0.15) is 0 Å². The molecule has 0 bridgehead atoms. The first kappa shape index (κ1) is 84.5. The molecular formula is C86H119-. The van der Waals surface area contributed by atoms with E-state index < -0.39 is 0 Å². The molecule has 0 heterocycles. The summed E-state index contributed by atoms with van der Waals surface area (Å²) in [5, 5.41) is 0. The molecule has 0 aromatic heterocycles. The first-order chi connectivity index (χ1) is 41.9. The lowest BCUT2D eigenvalue weighted by atomic mass is 10.0. The molecule has 0 spiro atoms. The van der Waals surface area contributed by atoms with Crippen molar-refractivity contribution in [2.45, 2.75) is 172 Å². The highest BCUT2D eigenvalue weighted by Crippen LogP contribution is 2.22. The number of rotatable bonds is 5. The van der Waals surface area contributed by atoms with Crippen molar-refractivity contribution in [1.29, 1.82) is 0 Å². The van der Waals surface area contributed by atoms with Gasteiger partial charge >= 0.3 is 0 Å². The van der Waals surface area contributed by atoms with Crippen molar-refractivity contribution in [3.63, 3.8) is 0 Å². The lowest BCUT2D eigenvalue weighted by Gasteiger charge is -2.10. The summed E-state index contributed by atoms with van der Waals surface area (Å²) in [6.45, 7) is 50.8. The summed E-state index contributed by atoms with van der Waals surface area (Å²) in [7, 11) is 0. The maximum atomic E-state index is 3.76. The van der Waals surface area contributed by atoms with Gasteiger partial charge in [-0.05, 0) is 86.1 Å². The molecule has 0 aliphatic heterocycles. The molecule has 1 aliphatic carbocycles. The zero-order valence-corrected chi connectivity index (χ0v) is 58.5. The third-order valence-electron chi connectivity index (χ3n) is 11.5. The maximum absolute atomic E-state index is 3.76. The van der Waals surface area contributed by atoms with Gasteiger partial charge in [-0.3, -0.25) is 0 Å². The first-order valence-electron chi connectivity index (χ1n) is 32.3. The minimum atomic E-state index is 1.08. The summed E-state index contributed by atoms with van der Waals surface area (Å²) >= 11 is 0. The van der Waals surface area contributed by atoms with Crippen molar-refractivity contribution in [2.75, 3.05) is 0 Å². The summed E-state index contributed by atoms with van der Waals surface area (Å²) in [6.07, 6.45) is 10.8. The largest absolute Gasteiger partial charge is 0.171 e. The normalized spacial score (nSPS) is 9.34. The Morgan fingerprint density at radius 2 is 0.395 bits per heavy atom. The molecule has 0 unspecified atom stereocenters. The molecule has 0 N–H and O–H groups in total. The number of allylic oxidation sites excluding steroid dienone is 5. The fourth-order valence-corrected chi connectivity index (χ4v) is 6.73. The van der Waals surface area contributed by atoms with E-state index in [1.807, 2.05) is 134 Å². The van der Waals surface area contributed by atoms with Crippen LogP contribution in [0.25, 0.3) is 44.5 Å². The molecular weight excluding hydrogens is 1030 g/mol. The molecule has 0 saturated heterocycles. The molecule has 1 aliphatic rings. The lowest BCUT2D eigenvalue weighted by molar-refractivity contribution is 0.886. The average molecular weight is 1150 g/mol. The van der Waals surface area contributed by atoms with Gasteiger partial charge in [0.25, 0.3) is 0 Å². The Hall–Kier alpha value is -7.93. The van der Waals surface area contributed by atoms with Gasteiger partial charge in [-0.15, -0.1) is 30.2 Å². The van der Waals surface area contributed by atoms with Crippen molar-refractivity contribution < 1.29 is 0 Å². The Labute approximate surface area is 532 Å². The summed E-state index contributed by atoms with van der Waals surface area (Å²) in [4.78, 5) is 0. The van der Waals surface area contributed by atoms with Crippen LogP contribution in [0.15, 0.2) is 279 Å². The molecule has 464 valence electrons. The Morgan fingerprint density at radius 1 is 0.233 bits per heavy atom. The summed E-state index contributed by atoms with van der Waals surface area (Å²) in [6, 6.07) is 84.6. The first-order valence-corrected chi connectivity index (χ1v) is 32.3. The molecule has 0 heteroatoms. The summed E-state index contributed by atoms with van der Waals surface area (Å²) in [5.41, 5.74) is 20.5. The molecule has 0 amide bonds. The van der Waals surface area contributed by atoms with Crippen LogP contribution in [0.4, 0.5) is 0 Å². The third-order valence-corrected chi connectivity index (χ3v) is 11.5. The van der Waals surface area contributed by atoms with Crippen LogP contribution in [0, 0.1) is 48.0 Å². The average Bonchev–Trinajstić information content (AvgIpc) is 3.64. The second-order valence-corrected chi connectivity index (χ2v) is 18.1. The highest BCUT2D eigenvalue weighted by atomic mass is 14.0. The Bertz CT molecular complexity index is 2520. The number of hydrogen-bond acceptors (Lipinski definition) is 0.